The Bertz CT molecular complexity index is 1120. The molecule has 0 aliphatic carbocycles. The quantitative estimate of drug-likeness (QED) is 0.471. The molecule has 2 unspecified atom stereocenters. The highest BCUT2D eigenvalue weighted by Crippen LogP contribution is 2.23. The molecule has 3 rings (SSSR count). The van der Waals surface area contributed by atoms with Crippen molar-refractivity contribution in [2.45, 2.75) is 26.3 Å². The maximum atomic E-state index is 12.4. The summed E-state index contributed by atoms with van der Waals surface area (Å²) in [7, 11) is 1.29. The van der Waals surface area contributed by atoms with Crippen LogP contribution in [0.2, 0.25) is 0 Å². The van der Waals surface area contributed by atoms with Crippen molar-refractivity contribution in [3.63, 3.8) is 0 Å². The topological polar surface area (TPSA) is 97.6 Å². The average molecular weight is 408 g/mol. The van der Waals surface area contributed by atoms with E-state index in [1.165, 1.54) is 7.11 Å². The van der Waals surface area contributed by atoms with E-state index in [4.69, 9.17) is 9.15 Å². The van der Waals surface area contributed by atoms with Crippen molar-refractivity contribution in [3.8, 4) is 11.1 Å². The molecular weight excluding hydrogens is 384 g/mol. The maximum absolute atomic E-state index is 12.4. The number of urea groups is 1. The summed E-state index contributed by atoms with van der Waals surface area (Å²) in [5.74, 6) is -0.584. The average Bonchev–Trinajstić information content (AvgIpc) is 2.76. The van der Waals surface area contributed by atoms with Gasteiger partial charge in [0.1, 0.15) is 11.6 Å². The number of fused-ring (bicyclic) bond motifs is 1. The van der Waals surface area contributed by atoms with Crippen molar-refractivity contribution in [2.24, 2.45) is 5.92 Å². The van der Waals surface area contributed by atoms with E-state index in [1.54, 1.807) is 42.5 Å². The number of carbonyl (C=O) groups is 2. The number of anilines is 1. The van der Waals surface area contributed by atoms with Crippen LogP contribution >= 0.6 is 0 Å². The van der Waals surface area contributed by atoms with Crippen LogP contribution in [0.15, 0.2) is 63.8 Å². The van der Waals surface area contributed by atoms with Gasteiger partial charge < -0.3 is 19.8 Å². The van der Waals surface area contributed by atoms with Crippen molar-refractivity contribution in [3.05, 3.63) is 65.0 Å². The first-order valence-electron chi connectivity index (χ1n) is 9.71. The number of ether oxygens (including phenoxy) is 1. The van der Waals surface area contributed by atoms with Crippen LogP contribution in [-0.2, 0) is 9.53 Å². The zero-order valence-corrected chi connectivity index (χ0v) is 17.1. The van der Waals surface area contributed by atoms with Gasteiger partial charge in [-0.1, -0.05) is 50.6 Å². The van der Waals surface area contributed by atoms with Gasteiger partial charge in [0.25, 0.3) is 0 Å². The Kier molecular flexibility index (Phi) is 6.51. The minimum Gasteiger partial charge on any atom is -0.467 e. The summed E-state index contributed by atoms with van der Waals surface area (Å²) in [6.07, 6.45) is 0.702. The van der Waals surface area contributed by atoms with Crippen LogP contribution in [0.25, 0.3) is 22.1 Å². The minimum absolute atomic E-state index is 0.0863. The molecule has 30 heavy (non-hydrogen) atoms. The first kappa shape index (κ1) is 21.1. The predicted octanol–water partition coefficient (Wildman–Crippen LogP) is 4.17. The molecule has 0 fully saturated rings. The third kappa shape index (κ3) is 4.68. The Hall–Kier alpha value is -3.61. The van der Waals surface area contributed by atoms with Gasteiger partial charge in [-0.2, -0.15) is 0 Å². The summed E-state index contributed by atoms with van der Waals surface area (Å²) < 4.78 is 10.2. The molecule has 1 heterocycles. The summed E-state index contributed by atoms with van der Waals surface area (Å²) in [4.78, 5) is 36.8. The first-order chi connectivity index (χ1) is 14.4. The summed E-state index contributed by atoms with van der Waals surface area (Å²) in [6, 6.07) is 14.6. The maximum Gasteiger partial charge on any atom is 0.344 e. The third-order valence-electron chi connectivity index (χ3n) is 5.03. The van der Waals surface area contributed by atoms with E-state index in [-0.39, 0.29) is 5.92 Å². The second-order valence-electron chi connectivity index (χ2n) is 7.05. The second kappa shape index (κ2) is 9.26. The van der Waals surface area contributed by atoms with Crippen molar-refractivity contribution < 1.29 is 18.7 Å². The molecule has 2 amide bonds. The van der Waals surface area contributed by atoms with Gasteiger partial charge in [0.05, 0.1) is 12.7 Å². The number of hydrogen-bond acceptors (Lipinski definition) is 5. The number of nitrogens with one attached hydrogen (secondary N) is 2. The van der Waals surface area contributed by atoms with E-state index in [0.717, 1.165) is 5.39 Å². The number of hydrogen-bond donors (Lipinski definition) is 2. The molecule has 7 heteroatoms. The lowest BCUT2D eigenvalue weighted by atomic mass is 9.99. The molecule has 0 aliphatic rings. The molecule has 3 aromatic rings. The zero-order valence-electron chi connectivity index (χ0n) is 17.1. The Morgan fingerprint density at radius 1 is 1.10 bits per heavy atom. The standard InChI is InChI=1S/C23H24N2O5/c1-4-14(2)20(22(27)29-3)25-23(28)24-17-10-7-9-15(12-17)18-13-16-8-5-6-11-19(16)30-21(18)26/h5-14,20H,4H2,1-3H3,(H2,24,25,28). The van der Waals surface area contributed by atoms with Gasteiger partial charge in [-0.3, -0.25) is 0 Å². The summed E-state index contributed by atoms with van der Waals surface area (Å²) in [5.41, 5.74) is 1.53. The van der Waals surface area contributed by atoms with E-state index in [2.05, 4.69) is 10.6 Å². The van der Waals surface area contributed by atoms with E-state index in [9.17, 15) is 14.4 Å². The van der Waals surface area contributed by atoms with Gasteiger partial charge in [0.15, 0.2) is 0 Å². The number of carbonyl (C=O) groups excluding carboxylic acids is 2. The molecule has 0 aliphatic heterocycles. The largest absolute Gasteiger partial charge is 0.467 e. The lowest BCUT2D eigenvalue weighted by Gasteiger charge is -2.22. The molecule has 7 nitrogen and oxygen atoms in total. The van der Waals surface area contributed by atoms with Crippen LogP contribution in [0.4, 0.5) is 10.5 Å². The summed E-state index contributed by atoms with van der Waals surface area (Å²) >= 11 is 0. The van der Waals surface area contributed by atoms with Crippen molar-refractivity contribution >= 4 is 28.7 Å². The van der Waals surface area contributed by atoms with Crippen LogP contribution in [-0.4, -0.2) is 25.2 Å². The molecule has 1 aromatic heterocycles. The molecule has 0 saturated carbocycles. The molecule has 0 spiro atoms. The van der Waals surface area contributed by atoms with Crippen LogP contribution in [0.1, 0.15) is 20.3 Å². The van der Waals surface area contributed by atoms with Gasteiger partial charge in [0.2, 0.25) is 0 Å². The van der Waals surface area contributed by atoms with E-state index >= 15 is 0 Å². The predicted molar refractivity (Wildman–Crippen MR) is 115 cm³/mol. The molecule has 0 radical (unpaired) electrons. The number of methoxy groups -OCH3 is 1. The lowest BCUT2D eigenvalue weighted by Crippen LogP contribution is -2.47. The Morgan fingerprint density at radius 2 is 1.87 bits per heavy atom. The van der Waals surface area contributed by atoms with Gasteiger partial charge in [0, 0.05) is 11.1 Å². The minimum atomic E-state index is -0.754. The van der Waals surface area contributed by atoms with Crippen molar-refractivity contribution in [1.82, 2.24) is 5.32 Å². The number of amides is 2. The SMILES string of the molecule is CCC(C)C(NC(=O)Nc1cccc(-c2cc3ccccc3oc2=O)c1)C(=O)OC. The van der Waals surface area contributed by atoms with Crippen LogP contribution in [0, 0.1) is 5.92 Å². The number of rotatable bonds is 6. The number of para-hydroxylation sites is 1. The van der Waals surface area contributed by atoms with Crippen LogP contribution < -0.4 is 16.3 Å². The molecule has 2 aromatic carbocycles. The van der Waals surface area contributed by atoms with Crippen molar-refractivity contribution in [1.29, 1.82) is 0 Å². The van der Waals surface area contributed by atoms with Gasteiger partial charge in [-0.25, -0.2) is 14.4 Å². The highest BCUT2D eigenvalue weighted by atomic mass is 16.5. The fourth-order valence-corrected chi connectivity index (χ4v) is 3.13. The normalized spacial score (nSPS) is 12.8. The highest BCUT2D eigenvalue weighted by molar-refractivity contribution is 5.93. The Balaban J connectivity index is 1.82. The highest BCUT2D eigenvalue weighted by Gasteiger charge is 2.26. The molecule has 0 saturated heterocycles. The third-order valence-corrected chi connectivity index (χ3v) is 5.03. The molecule has 156 valence electrons. The Labute approximate surface area is 174 Å². The summed E-state index contributed by atoms with van der Waals surface area (Å²) in [5, 5.41) is 6.17. The summed E-state index contributed by atoms with van der Waals surface area (Å²) in [6.45, 7) is 3.79. The fourth-order valence-electron chi connectivity index (χ4n) is 3.13. The number of esters is 1. The Morgan fingerprint density at radius 3 is 2.60 bits per heavy atom. The molecule has 2 N–H and O–H groups in total. The molecular formula is C23H24N2O5. The van der Waals surface area contributed by atoms with Crippen molar-refractivity contribution in [2.75, 3.05) is 12.4 Å². The van der Waals surface area contributed by atoms with Gasteiger partial charge in [-0.05, 0) is 35.7 Å². The van der Waals surface area contributed by atoms with Crippen LogP contribution in [0.5, 0.6) is 0 Å². The zero-order chi connectivity index (χ0) is 21.7. The van der Waals surface area contributed by atoms with Crippen LogP contribution in [0.3, 0.4) is 0 Å². The van der Waals surface area contributed by atoms with E-state index in [0.29, 0.717) is 28.8 Å². The number of benzene rings is 2. The monoisotopic (exact) mass is 408 g/mol. The second-order valence-corrected chi connectivity index (χ2v) is 7.05. The molecule has 2 atom stereocenters. The van der Waals surface area contributed by atoms with Gasteiger partial charge in [-0.15, -0.1) is 0 Å². The van der Waals surface area contributed by atoms with E-state index < -0.39 is 23.7 Å². The first-order valence-corrected chi connectivity index (χ1v) is 9.71. The van der Waals surface area contributed by atoms with Gasteiger partial charge >= 0.3 is 17.6 Å². The molecule has 0 bridgehead atoms. The fraction of sp³-hybridized carbons (Fsp3) is 0.261. The lowest BCUT2D eigenvalue weighted by molar-refractivity contribution is -0.144. The van der Waals surface area contributed by atoms with E-state index in [1.807, 2.05) is 26.0 Å². The smallest absolute Gasteiger partial charge is 0.344 e.